The van der Waals surface area contributed by atoms with Crippen molar-refractivity contribution in [3.8, 4) is 28.0 Å². The second-order valence-corrected chi connectivity index (χ2v) is 10.7. The van der Waals surface area contributed by atoms with Gasteiger partial charge in [-0.3, -0.25) is 0 Å². The lowest BCUT2D eigenvalue weighted by atomic mass is 9.99. The van der Waals surface area contributed by atoms with Crippen LogP contribution in [0.4, 0.5) is 17.6 Å². The topological polar surface area (TPSA) is 35.5 Å². The van der Waals surface area contributed by atoms with Crippen LogP contribution in [0.5, 0.6) is 5.75 Å². The molecule has 228 valence electrons. The minimum atomic E-state index is -4.60. The van der Waals surface area contributed by atoms with E-state index in [4.69, 9.17) is 9.47 Å². The highest BCUT2D eigenvalue weighted by molar-refractivity contribution is 5.90. The number of hydrogen-bond acceptors (Lipinski definition) is 3. The lowest BCUT2D eigenvalue weighted by molar-refractivity contribution is -0.206. The summed E-state index contributed by atoms with van der Waals surface area (Å²) in [5.74, 6) is -1.14. The number of hydrogen-bond donors (Lipinski definition) is 0. The van der Waals surface area contributed by atoms with Gasteiger partial charge in [-0.25, -0.2) is 9.18 Å². The Bertz CT molecular complexity index is 1220. The number of carbonyl (C=O) groups is 1. The fraction of sp³-hybridized carbons (Fsp3) is 0.457. The third-order valence-corrected chi connectivity index (χ3v) is 7.29. The maximum atomic E-state index is 14.7. The van der Waals surface area contributed by atoms with Crippen molar-refractivity contribution in [3.05, 3.63) is 78.1 Å². The highest BCUT2D eigenvalue weighted by Gasteiger charge is 2.42. The maximum Gasteiger partial charge on any atom is 0.425 e. The predicted molar refractivity (Wildman–Crippen MR) is 160 cm³/mol. The molecule has 0 aliphatic heterocycles. The van der Waals surface area contributed by atoms with Crippen LogP contribution in [0.15, 0.2) is 66.7 Å². The molecule has 0 N–H and O–H groups in total. The highest BCUT2D eigenvalue weighted by atomic mass is 19.4. The van der Waals surface area contributed by atoms with Gasteiger partial charge in [-0.2, -0.15) is 13.2 Å². The van der Waals surface area contributed by atoms with Gasteiger partial charge >= 0.3 is 12.1 Å². The molecule has 1 unspecified atom stereocenters. The van der Waals surface area contributed by atoms with Crippen molar-refractivity contribution in [3.63, 3.8) is 0 Å². The molecule has 0 saturated carbocycles. The summed E-state index contributed by atoms with van der Waals surface area (Å²) in [7, 11) is 0. The molecule has 0 aromatic heterocycles. The molecule has 0 radical (unpaired) electrons. The Morgan fingerprint density at radius 2 is 1.19 bits per heavy atom. The molecule has 3 aromatic rings. The van der Waals surface area contributed by atoms with Crippen LogP contribution in [0, 0.1) is 5.82 Å². The average Bonchev–Trinajstić information content (AvgIpc) is 2.98. The minimum absolute atomic E-state index is 0.0625. The zero-order chi connectivity index (χ0) is 30.4. The summed E-state index contributed by atoms with van der Waals surface area (Å²) < 4.78 is 65.3. The number of benzene rings is 3. The van der Waals surface area contributed by atoms with Gasteiger partial charge < -0.3 is 9.47 Å². The van der Waals surface area contributed by atoms with Crippen LogP contribution >= 0.6 is 0 Å². The van der Waals surface area contributed by atoms with E-state index in [-0.39, 0.29) is 17.7 Å². The van der Waals surface area contributed by atoms with Crippen molar-refractivity contribution in [2.75, 3.05) is 6.61 Å². The molecule has 1 atom stereocenters. The summed E-state index contributed by atoms with van der Waals surface area (Å²) in [6, 6.07) is 18.7. The molecule has 42 heavy (non-hydrogen) atoms. The summed E-state index contributed by atoms with van der Waals surface area (Å²) in [6.07, 6.45) is 2.66. The molecule has 0 bridgehead atoms. The number of halogens is 4. The summed E-state index contributed by atoms with van der Waals surface area (Å²) in [4.78, 5) is 12.5. The van der Waals surface area contributed by atoms with Gasteiger partial charge in [0.2, 0.25) is 0 Å². The van der Waals surface area contributed by atoms with Crippen molar-refractivity contribution in [1.82, 2.24) is 0 Å². The number of ether oxygens (including phenoxy) is 2. The zero-order valence-corrected chi connectivity index (χ0v) is 24.7. The summed E-state index contributed by atoms with van der Waals surface area (Å²) >= 11 is 0. The zero-order valence-electron chi connectivity index (χ0n) is 24.7. The van der Waals surface area contributed by atoms with Crippen LogP contribution in [0.1, 0.15) is 94.8 Å². The Labute approximate surface area is 247 Å². The van der Waals surface area contributed by atoms with Gasteiger partial charge in [-0.1, -0.05) is 108 Å². The average molecular weight is 587 g/mol. The van der Waals surface area contributed by atoms with Crippen molar-refractivity contribution in [1.29, 1.82) is 0 Å². The molecule has 0 heterocycles. The van der Waals surface area contributed by atoms with Crippen molar-refractivity contribution in [2.45, 2.75) is 96.8 Å². The number of esters is 1. The monoisotopic (exact) mass is 586 g/mol. The maximum absolute atomic E-state index is 14.7. The van der Waals surface area contributed by atoms with Gasteiger partial charge in [-0.05, 0) is 65.8 Å². The van der Waals surface area contributed by atoms with Gasteiger partial charge in [0.1, 0.15) is 0 Å². The predicted octanol–water partition coefficient (Wildman–Crippen LogP) is 11.0. The molecule has 7 heteroatoms. The van der Waals surface area contributed by atoms with Crippen LogP contribution in [0.25, 0.3) is 22.3 Å². The lowest BCUT2D eigenvalue weighted by Crippen LogP contribution is -2.33. The van der Waals surface area contributed by atoms with Crippen LogP contribution < -0.4 is 4.74 Å². The normalized spacial score (nSPS) is 12.2. The van der Waals surface area contributed by atoms with E-state index in [1.54, 1.807) is 18.2 Å². The first-order valence-corrected chi connectivity index (χ1v) is 15.1. The number of carbonyl (C=O) groups excluding carboxylic acids is 1. The molecule has 0 aliphatic rings. The summed E-state index contributed by atoms with van der Waals surface area (Å²) in [5, 5.41) is 0. The second kappa shape index (κ2) is 16.9. The lowest BCUT2D eigenvalue weighted by Gasteiger charge is -2.20. The quantitative estimate of drug-likeness (QED) is 0.0897. The number of unbranched alkanes of at least 4 members (excludes halogenated alkanes) is 8. The highest BCUT2D eigenvalue weighted by Crippen LogP contribution is 2.30. The Kier molecular flexibility index (Phi) is 13.4. The fourth-order valence-electron chi connectivity index (χ4n) is 4.76. The molecule has 0 aliphatic carbocycles. The van der Waals surface area contributed by atoms with Gasteiger partial charge in [0, 0.05) is 0 Å². The van der Waals surface area contributed by atoms with E-state index < -0.39 is 24.1 Å². The minimum Gasteiger partial charge on any atom is -0.491 e. The molecule has 0 fully saturated rings. The number of rotatable bonds is 17. The van der Waals surface area contributed by atoms with E-state index in [1.165, 1.54) is 43.9 Å². The first-order valence-electron chi connectivity index (χ1n) is 15.1. The van der Waals surface area contributed by atoms with Gasteiger partial charge in [-0.15, -0.1) is 0 Å². The largest absolute Gasteiger partial charge is 0.491 e. The Hall–Kier alpha value is -3.35. The van der Waals surface area contributed by atoms with Crippen molar-refractivity contribution < 1.29 is 31.8 Å². The first kappa shape index (κ1) is 33.2. The second-order valence-electron chi connectivity index (χ2n) is 10.7. The van der Waals surface area contributed by atoms with Crippen molar-refractivity contribution in [2.24, 2.45) is 0 Å². The first-order chi connectivity index (χ1) is 20.2. The fourth-order valence-corrected chi connectivity index (χ4v) is 4.76. The van der Waals surface area contributed by atoms with E-state index in [0.29, 0.717) is 19.4 Å². The Morgan fingerprint density at radius 1 is 0.690 bits per heavy atom. The van der Waals surface area contributed by atoms with Crippen molar-refractivity contribution >= 4 is 5.97 Å². The van der Waals surface area contributed by atoms with Gasteiger partial charge in [0.05, 0.1) is 12.2 Å². The van der Waals surface area contributed by atoms with Crippen LogP contribution in [-0.2, 0) is 4.74 Å². The Balaban J connectivity index is 1.57. The van der Waals surface area contributed by atoms with E-state index in [9.17, 15) is 22.4 Å². The molecular weight excluding hydrogens is 544 g/mol. The Morgan fingerprint density at radius 3 is 1.76 bits per heavy atom. The SMILES string of the molecule is CCCCCCCCOc1ccc(-c2ccc(-c3ccc(C(=O)OC(CCCCCC)C(F)(F)F)cc3)cc2)cc1F. The third-order valence-electron chi connectivity index (χ3n) is 7.29. The van der Waals surface area contributed by atoms with Crippen LogP contribution in [0.2, 0.25) is 0 Å². The third kappa shape index (κ3) is 10.5. The van der Waals surface area contributed by atoms with E-state index in [0.717, 1.165) is 47.9 Å². The van der Waals surface area contributed by atoms with E-state index in [2.05, 4.69) is 6.92 Å². The van der Waals surface area contributed by atoms with E-state index >= 15 is 0 Å². The van der Waals surface area contributed by atoms with Gasteiger partial charge in [0.25, 0.3) is 0 Å². The molecule has 0 saturated heterocycles. The number of alkyl halides is 3. The molecule has 3 aromatic carbocycles. The van der Waals surface area contributed by atoms with Crippen LogP contribution in [0.3, 0.4) is 0 Å². The molecule has 3 rings (SSSR count). The molecular formula is C35H42F4O3. The summed E-state index contributed by atoms with van der Waals surface area (Å²) in [5.41, 5.74) is 3.25. The molecule has 3 nitrogen and oxygen atoms in total. The van der Waals surface area contributed by atoms with Gasteiger partial charge in [0.15, 0.2) is 17.7 Å². The smallest absolute Gasteiger partial charge is 0.425 e. The standard InChI is InChI=1S/C35H42F4O3/c1-3-5-7-9-10-12-24-41-32-23-22-30(25-31(32)36)28-16-14-26(15-17-28)27-18-20-29(21-19-27)34(40)42-33(35(37,38)39)13-11-8-6-4-2/h14-23,25,33H,3-13,24H2,1-2H3. The molecule has 0 spiro atoms. The van der Waals surface area contributed by atoms with Crippen LogP contribution in [-0.4, -0.2) is 24.9 Å². The summed E-state index contributed by atoms with van der Waals surface area (Å²) in [6.45, 7) is 4.66. The van der Waals surface area contributed by atoms with E-state index in [1.807, 2.05) is 37.3 Å². The molecule has 0 amide bonds.